The fourth-order valence-electron chi connectivity index (χ4n) is 6.25. The van der Waals surface area contributed by atoms with Crippen molar-refractivity contribution in [1.29, 1.82) is 0 Å². The Balaban J connectivity index is 1.19. The summed E-state index contributed by atoms with van der Waals surface area (Å²) in [6, 6.07) is 11.2. The third-order valence-corrected chi connectivity index (χ3v) is 8.69. The lowest BCUT2D eigenvalue weighted by atomic mass is 9.95. The van der Waals surface area contributed by atoms with E-state index in [9.17, 15) is 17.6 Å². The minimum atomic E-state index is -4.78. The monoisotopic (exact) mass is 623 g/mol. The Bertz CT molecular complexity index is 1630. The summed E-state index contributed by atoms with van der Waals surface area (Å²) in [5, 5.41) is 0. The van der Waals surface area contributed by atoms with E-state index in [4.69, 9.17) is 14.7 Å². The molecule has 0 spiro atoms. The van der Waals surface area contributed by atoms with Crippen molar-refractivity contribution in [3.63, 3.8) is 0 Å². The molecule has 8 nitrogen and oxygen atoms in total. The molecule has 2 aliphatic rings. The van der Waals surface area contributed by atoms with Crippen molar-refractivity contribution in [2.75, 3.05) is 57.2 Å². The van der Waals surface area contributed by atoms with Gasteiger partial charge in [0.1, 0.15) is 35.4 Å². The Kier molecular flexibility index (Phi) is 8.67. The largest absolute Gasteiger partial charge is 0.497 e. The summed E-state index contributed by atoms with van der Waals surface area (Å²) in [4.78, 5) is 20.9. The van der Waals surface area contributed by atoms with Gasteiger partial charge in [0.05, 0.1) is 18.4 Å². The van der Waals surface area contributed by atoms with Gasteiger partial charge in [-0.3, -0.25) is 0 Å². The van der Waals surface area contributed by atoms with E-state index < -0.39 is 17.6 Å². The molecule has 238 valence electrons. The van der Waals surface area contributed by atoms with Crippen LogP contribution in [0.1, 0.15) is 41.3 Å². The minimum Gasteiger partial charge on any atom is -0.497 e. The van der Waals surface area contributed by atoms with Crippen LogP contribution in [0.25, 0.3) is 11.3 Å². The zero-order chi connectivity index (χ0) is 31.7. The highest BCUT2D eigenvalue weighted by Gasteiger charge is 2.35. The van der Waals surface area contributed by atoms with Crippen molar-refractivity contribution in [2.24, 2.45) is 0 Å². The van der Waals surface area contributed by atoms with Crippen molar-refractivity contribution < 1.29 is 22.3 Å². The summed E-state index contributed by atoms with van der Waals surface area (Å²) in [5.41, 5.74) is 1.74. The predicted octanol–water partition coefficient (Wildman–Crippen LogP) is 6.01. The first kappa shape index (κ1) is 30.8. The number of rotatable bonds is 9. The van der Waals surface area contributed by atoms with Gasteiger partial charge >= 0.3 is 6.18 Å². The number of piperidine rings is 1. The highest BCUT2D eigenvalue weighted by Crippen LogP contribution is 2.38. The van der Waals surface area contributed by atoms with Crippen LogP contribution >= 0.6 is 0 Å². The molecule has 2 aromatic heterocycles. The van der Waals surface area contributed by atoms with E-state index in [0.717, 1.165) is 92.9 Å². The molecule has 0 aliphatic carbocycles. The van der Waals surface area contributed by atoms with Gasteiger partial charge in [-0.2, -0.15) is 13.2 Å². The van der Waals surface area contributed by atoms with Crippen LogP contribution in [0.4, 0.5) is 29.2 Å². The quantitative estimate of drug-likeness (QED) is 0.212. The number of alkyl halides is 3. The van der Waals surface area contributed by atoms with E-state index >= 15 is 0 Å². The van der Waals surface area contributed by atoms with Crippen molar-refractivity contribution in [3.05, 3.63) is 83.3 Å². The number of fused-ring (bicyclic) bond motifs is 1. The summed E-state index contributed by atoms with van der Waals surface area (Å²) < 4.78 is 61.7. The Hall–Kier alpha value is -4.19. The van der Waals surface area contributed by atoms with Crippen LogP contribution in [0.3, 0.4) is 0 Å². The lowest BCUT2D eigenvalue weighted by Gasteiger charge is -2.33. The van der Waals surface area contributed by atoms with E-state index in [2.05, 4.69) is 31.8 Å². The number of imidazole rings is 1. The number of hydrogen-bond acceptors (Lipinski definition) is 7. The molecule has 4 heterocycles. The van der Waals surface area contributed by atoms with Gasteiger partial charge in [-0.1, -0.05) is 12.1 Å². The third kappa shape index (κ3) is 6.61. The Morgan fingerprint density at radius 1 is 0.978 bits per heavy atom. The summed E-state index contributed by atoms with van der Waals surface area (Å²) >= 11 is 0. The Morgan fingerprint density at radius 3 is 2.40 bits per heavy atom. The first-order valence-electron chi connectivity index (χ1n) is 15.2. The van der Waals surface area contributed by atoms with E-state index in [1.807, 2.05) is 30.8 Å². The molecule has 0 radical (unpaired) electrons. The first-order chi connectivity index (χ1) is 21.6. The molecule has 2 aromatic carbocycles. The molecule has 6 rings (SSSR count). The molecule has 0 amide bonds. The zero-order valence-corrected chi connectivity index (χ0v) is 25.7. The highest BCUT2D eigenvalue weighted by molar-refractivity contribution is 5.64. The number of aromatic nitrogens is 4. The number of benzene rings is 2. The van der Waals surface area contributed by atoms with Crippen LogP contribution in [0.15, 0.2) is 55.0 Å². The van der Waals surface area contributed by atoms with Gasteiger partial charge in [0, 0.05) is 62.5 Å². The lowest BCUT2D eigenvalue weighted by molar-refractivity contribution is -0.139. The minimum absolute atomic E-state index is 0.126. The van der Waals surface area contributed by atoms with Crippen molar-refractivity contribution in [3.8, 4) is 17.0 Å². The van der Waals surface area contributed by atoms with Crippen LogP contribution in [0.2, 0.25) is 0 Å². The number of ether oxygens (including phenoxy) is 1. The second-order valence-corrected chi connectivity index (χ2v) is 12.0. The van der Waals surface area contributed by atoms with Gasteiger partial charge in [-0.25, -0.2) is 19.3 Å². The van der Waals surface area contributed by atoms with Crippen LogP contribution < -0.4 is 14.5 Å². The second kappa shape index (κ2) is 12.7. The smallest absolute Gasteiger partial charge is 0.419 e. The average molecular weight is 624 g/mol. The number of halogens is 4. The molecule has 1 fully saturated rings. The standard InChI is InChI=1S/C33H37F4N7O/c1-41(2)16-17-44-20-29(24-6-9-28(34)27(18-24)33(35,36)37)40-30(44)23-10-13-42(14-11-23)31-26-12-15-43(32(26)39-21-38-31)19-22-4-7-25(45-3)8-5-22/h4-9,18,20-21,23H,10-17,19H2,1-3H3. The van der Waals surface area contributed by atoms with Gasteiger partial charge in [0.15, 0.2) is 0 Å². The van der Waals surface area contributed by atoms with E-state index in [-0.39, 0.29) is 11.5 Å². The molecule has 0 unspecified atom stereocenters. The third-order valence-electron chi connectivity index (χ3n) is 8.69. The Morgan fingerprint density at radius 2 is 1.71 bits per heavy atom. The van der Waals surface area contributed by atoms with Crippen molar-refractivity contribution in [2.45, 2.75) is 44.4 Å². The number of hydrogen-bond donors (Lipinski definition) is 0. The molecule has 0 N–H and O–H groups in total. The summed E-state index contributed by atoms with van der Waals surface area (Å²) in [6.45, 7) is 4.57. The molecule has 2 aliphatic heterocycles. The molecule has 1 saturated heterocycles. The van der Waals surface area contributed by atoms with Crippen LogP contribution in [-0.2, 0) is 25.7 Å². The molecule has 0 atom stereocenters. The zero-order valence-electron chi connectivity index (χ0n) is 25.7. The van der Waals surface area contributed by atoms with E-state index in [0.29, 0.717) is 12.2 Å². The molecule has 4 aromatic rings. The maximum Gasteiger partial charge on any atom is 0.419 e. The van der Waals surface area contributed by atoms with Gasteiger partial charge in [-0.05, 0) is 69.3 Å². The molecule has 0 bridgehead atoms. The van der Waals surface area contributed by atoms with Crippen molar-refractivity contribution in [1.82, 2.24) is 24.4 Å². The summed E-state index contributed by atoms with van der Waals surface area (Å²) in [6.07, 6.45) is 1.18. The highest BCUT2D eigenvalue weighted by atomic mass is 19.4. The van der Waals surface area contributed by atoms with Gasteiger partial charge < -0.3 is 24.0 Å². The first-order valence-corrected chi connectivity index (χ1v) is 15.2. The molecular weight excluding hydrogens is 586 g/mol. The van der Waals surface area contributed by atoms with Gasteiger partial charge in [0.2, 0.25) is 0 Å². The van der Waals surface area contributed by atoms with Gasteiger partial charge in [0.25, 0.3) is 0 Å². The number of nitrogens with zero attached hydrogens (tertiary/aromatic N) is 7. The fraction of sp³-hybridized carbons (Fsp3) is 0.424. The molecular formula is C33H37F4N7O. The topological polar surface area (TPSA) is 62.6 Å². The summed E-state index contributed by atoms with van der Waals surface area (Å²) in [7, 11) is 5.61. The van der Waals surface area contributed by atoms with E-state index in [1.54, 1.807) is 19.6 Å². The Labute approximate surface area is 260 Å². The SMILES string of the molecule is COc1ccc(CN2CCc3c(N4CCC(c5nc(-c6ccc(F)c(C(F)(F)F)c6)cn5CCN(C)C)CC4)ncnc32)cc1. The number of methoxy groups -OCH3 is 1. The average Bonchev–Trinajstić information content (AvgIpc) is 3.65. The van der Waals surface area contributed by atoms with Gasteiger partial charge in [-0.15, -0.1) is 0 Å². The van der Waals surface area contributed by atoms with Crippen LogP contribution in [0.5, 0.6) is 5.75 Å². The van der Waals surface area contributed by atoms with Crippen molar-refractivity contribution >= 4 is 11.6 Å². The molecule has 45 heavy (non-hydrogen) atoms. The molecule has 0 saturated carbocycles. The maximum atomic E-state index is 14.0. The van der Waals surface area contributed by atoms with E-state index in [1.165, 1.54) is 11.6 Å². The normalized spacial score (nSPS) is 15.6. The lowest BCUT2D eigenvalue weighted by Crippen LogP contribution is -2.35. The maximum absolute atomic E-state index is 14.0. The predicted molar refractivity (Wildman–Crippen MR) is 165 cm³/mol. The van der Waals surface area contributed by atoms with Crippen LogP contribution in [-0.4, -0.2) is 71.8 Å². The molecule has 12 heteroatoms. The fourth-order valence-corrected chi connectivity index (χ4v) is 6.25. The second-order valence-electron chi connectivity index (χ2n) is 12.0. The summed E-state index contributed by atoms with van der Waals surface area (Å²) in [5.74, 6) is 2.46. The number of likely N-dealkylation sites (N-methyl/N-ethyl adjacent to an activating group) is 1. The van der Waals surface area contributed by atoms with Crippen LogP contribution in [0, 0.1) is 5.82 Å². The number of anilines is 2.